The van der Waals surface area contributed by atoms with E-state index in [9.17, 15) is 4.79 Å². The van der Waals surface area contributed by atoms with Gasteiger partial charge in [-0.3, -0.25) is 4.90 Å². The number of amides is 1. The molecular formula is C8H15ClN2O2. The summed E-state index contributed by atoms with van der Waals surface area (Å²) in [6.07, 6.45) is -0.161. The topological polar surface area (TPSA) is 41.6 Å². The Kier molecular flexibility index (Phi) is 2.73. The molecule has 2 aliphatic rings. The highest BCUT2D eigenvalue weighted by atomic mass is 35.5. The van der Waals surface area contributed by atoms with Gasteiger partial charge >= 0.3 is 6.09 Å². The number of nitrogens with one attached hydrogen (secondary N) is 1. The van der Waals surface area contributed by atoms with Crippen molar-refractivity contribution in [2.24, 2.45) is 0 Å². The summed E-state index contributed by atoms with van der Waals surface area (Å²) in [5.74, 6) is 0. The van der Waals surface area contributed by atoms with E-state index in [0.717, 1.165) is 19.6 Å². The number of ether oxygens (including phenoxy) is 1. The quantitative estimate of drug-likeness (QED) is 0.632. The monoisotopic (exact) mass is 206 g/mol. The van der Waals surface area contributed by atoms with Crippen LogP contribution in [0.1, 0.15) is 13.8 Å². The van der Waals surface area contributed by atoms with Crippen molar-refractivity contribution < 1.29 is 9.53 Å². The molecule has 0 bridgehead atoms. The number of halogens is 1. The van der Waals surface area contributed by atoms with E-state index < -0.39 is 0 Å². The van der Waals surface area contributed by atoms with E-state index in [-0.39, 0.29) is 30.1 Å². The third kappa shape index (κ3) is 1.60. The minimum atomic E-state index is -0.329. The largest absolute Gasteiger partial charge is 0.441 e. The molecule has 0 saturated carbocycles. The zero-order valence-corrected chi connectivity index (χ0v) is 8.69. The van der Waals surface area contributed by atoms with Crippen molar-refractivity contribution in [3.05, 3.63) is 0 Å². The average Bonchev–Trinajstić information content (AvgIpc) is 2.25. The van der Waals surface area contributed by atoms with E-state index in [4.69, 9.17) is 4.74 Å². The van der Waals surface area contributed by atoms with Gasteiger partial charge in [-0.2, -0.15) is 0 Å². The molecule has 2 fully saturated rings. The van der Waals surface area contributed by atoms with Crippen LogP contribution in [0, 0.1) is 0 Å². The second-order valence-electron chi connectivity index (χ2n) is 3.88. The number of piperazine rings is 1. The van der Waals surface area contributed by atoms with E-state index in [0.29, 0.717) is 0 Å². The Hall–Kier alpha value is -0.480. The first-order valence-corrected chi connectivity index (χ1v) is 4.31. The highest BCUT2D eigenvalue weighted by Gasteiger charge is 2.48. The number of hydrogen-bond donors (Lipinski definition) is 1. The van der Waals surface area contributed by atoms with Crippen LogP contribution in [0.3, 0.4) is 0 Å². The van der Waals surface area contributed by atoms with Gasteiger partial charge in [-0.25, -0.2) is 4.79 Å². The summed E-state index contributed by atoms with van der Waals surface area (Å²) in [4.78, 5) is 13.1. The number of fused-ring (bicyclic) bond motifs is 1. The van der Waals surface area contributed by atoms with E-state index in [1.165, 1.54) is 0 Å². The van der Waals surface area contributed by atoms with Gasteiger partial charge in [0.15, 0.2) is 0 Å². The summed E-state index contributed by atoms with van der Waals surface area (Å²) in [5.41, 5.74) is -0.329. The molecule has 13 heavy (non-hydrogen) atoms. The fourth-order valence-corrected chi connectivity index (χ4v) is 1.90. The highest BCUT2D eigenvalue weighted by Crippen LogP contribution is 2.29. The van der Waals surface area contributed by atoms with Crippen LogP contribution in [0.25, 0.3) is 0 Å². The van der Waals surface area contributed by atoms with Gasteiger partial charge in [-0.05, 0) is 13.8 Å². The van der Waals surface area contributed by atoms with Gasteiger partial charge in [0.25, 0.3) is 0 Å². The lowest BCUT2D eigenvalue weighted by Gasteiger charge is -2.32. The van der Waals surface area contributed by atoms with Gasteiger partial charge in [0.1, 0.15) is 5.60 Å². The molecule has 0 spiro atoms. The molecule has 0 radical (unpaired) electrons. The molecule has 1 N–H and O–H groups in total. The molecule has 2 aliphatic heterocycles. The second-order valence-corrected chi connectivity index (χ2v) is 3.88. The summed E-state index contributed by atoms with van der Waals surface area (Å²) in [5, 5.41) is 3.26. The third-order valence-corrected chi connectivity index (χ3v) is 2.63. The number of hydrogen-bond acceptors (Lipinski definition) is 3. The third-order valence-electron chi connectivity index (χ3n) is 2.63. The van der Waals surface area contributed by atoms with Gasteiger partial charge in [0, 0.05) is 19.6 Å². The standard InChI is InChI=1S/C8H14N2O2.ClH/c1-8(2)6-5-9-3-4-10(6)7(11)12-8;/h6,9H,3-5H2,1-2H3;1H/t6-;/m1./s1. The average molecular weight is 207 g/mol. The Morgan fingerprint density at radius 2 is 2.31 bits per heavy atom. The number of carbonyl (C=O) groups excluding carboxylic acids is 1. The van der Waals surface area contributed by atoms with Crippen molar-refractivity contribution >= 4 is 18.5 Å². The Balaban J connectivity index is 0.000000845. The molecule has 0 aromatic rings. The Bertz CT molecular complexity index is 220. The van der Waals surface area contributed by atoms with Gasteiger partial charge in [0.2, 0.25) is 0 Å². The van der Waals surface area contributed by atoms with E-state index in [1.807, 2.05) is 18.7 Å². The summed E-state index contributed by atoms with van der Waals surface area (Å²) in [6, 6.07) is 0.207. The van der Waals surface area contributed by atoms with Crippen molar-refractivity contribution in [1.82, 2.24) is 10.2 Å². The lowest BCUT2D eigenvalue weighted by atomic mass is 9.97. The van der Waals surface area contributed by atoms with E-state index in [2.05, 4.69) is 5.32 Å². The van der Waals surface area contributed by atoms with Crippen LogP contribution in [0.5, 0.6) is 0 Å². The van der Waals surface area contributed by atoms with Gasteiger partial charge in [-0.15, -0.1) is 12.4 Å². The molecule has 2 saturated heterocycles. The molecule has 2 heterocycles. The van der Waals surface area contributed by atoms with Crippen molar-refractivity contribution in [2.45, 2.75) is 25.5 Å². The fourth-order valence-electron chi connectivity index (χ4n) is 1.90. The van der Waals surface area contributed by atoms with Gasteiger partial charge in [0.05, 0.1) is 6.04 Å². The minimum Gasteiger partial charge on any atom is -0.441 e. The normalized spacial score (nSPS) is 30.5. The Morgan fingerprint density at radius 3 is 2.92 bits per heavy atom. The molecule has 0 aromatic carbocycles. The molecular weight excluding hydrogens is 192 g/mol. The predicted molar refractivity (Wildman–Crippen MR) is 51.2 cm³/mol. The summed E-state index contributed by atoms with van der Waals surface area (Å²) in [6.45, 7) is 6.42. The lowest BCUT2D eigenvalue weighted by molar-refractivity contribution is 0.0660. The van der Waals surface area contributed by atoms with Crippen LogP contribution in [-0.4, -0.2) is 42.3 Å². The predicted octanol–water partition coefficient (Wildman–Crippen LogP) is 0.611. The molecule has 76 valence electrons. The van der Waals surface area contributed by atoms with Crippen LogP contribution in [-0.2, 0) is 4.74 Å². The maximum atomic E-state index is 11.3. The molecule has 2 rings (SSSR count). The first-order valence-electron chi connectivity index (χ1n) is 4.31. The maximum absolute atomic E-state index is 11.3. The molecule has 5 heteroatoms. The van der Waals surface area contributed by atoms with Crippen molar-refractivity contribution in [3.63, 3.8) is 0 Å². The van der Waals surface area contributed by atoms with Crippen LogP contribution in [0.2, 0.25) is 0 Å². The van der Waals surface area contributed by atoms with Crippen LogP contribution < -0.4 is 5.32 Å². The summed E-state index contributed by atoms with van der Waals surface area (Å²) >= 11 is 0. The van der Waals surface area contributed by atoms with Crippen LogP contribution in [0.4, 0.5) is 4.79 Å². The number of cyclic esters (lactones) is 1. The Morgan fingerprint density at radius 1 is 1.62 bits per heavy atom. The second kappa shape index (κ2) is 3.35. The maximum Gasteiger partial charge on any atom is 0.410 e. The molecule has 1 amide bonds. The van der Waals surface area contributed by atoms with Crippen molar-refractivity contribution in [1.29, 1.82) is 0 Å². The first kappa shape index (κ1) is 10.6. The zero-order chi connectivity index (χ0) is 8.77. The molecule has 0 aliphatic carbocycles. The van der Waals surface area contributed by atoms with Gasteiger partial charge in [-0.1, -0.05) is 0 Å². The smallest absolute Gasteiger partial charge is 0.410 e. The zero-order valence-electron chi connectivity index (χ0n) is 7.87. The molecule has 1 atom stereocenters. The summed E-state index contributed by atoms with van der Waals surface area (Å²) < 4.78 is 5.24. The molecule has 4 nitrogen and oxygen atoms in total. The number of carbonyl (C=O) groups is 1. The first-order chi connectivity index (χ1) is 5.61. The van der Waals surface area contributed by atoms with Gasteiger partial charge < -0.3 is 10.1 Å². The van der Waals surface area contributed by atoms with Crippen LogP contribution >= 0.6 is 12.4 Å². The minimum absolute atomic E-state index is 0. The highest BCUT2D eigenvalue weighted by molar-refractivity contribution is 5.85. The number of rotatable bonds is 0. The molecule has 0 unspecified atom stereocenters. The SMILES string of the molecule is CC1(C)OC(=O)N2CCNC[C@@H]21.Cl. The fraction of sp³-hybridized carbons (Fsp3) is 0.875. The van der Waals surface area contributed by atoms with Crippen LogP contribution in [0.15, 0.2) is 0 Å². The summed E-state index contributed by atoms with van der Waals surface area (Å²) in [7, 11) is 0. The van der Waals surface area contributed by atoms with Crippen molar-refractivity contribution in [2.75, 3.05) is 19.6 Å². The molecule has 0 aromatic heterocycles. The number of nitrogens with zero attached hydrogens (tertiary/aromatic N) is 1. The van der Waals surface area contributed by atoms with E-state index >= 15 is 0 Å². The van der Waals surface area contributed by atoms with Crippen molar-refractivity contribution in [3.8, 4) is 0 Å². The Labute approximate surface area is 84.0 Å². The lowest BCUT2D eigenvalue weighted by Crippen LogP contribution is -2.54. The van der Waals surface area contributed by atoms with E-state index in [1.54, 1.807) is 0 Å².